The van der Waals surface area contributed by atoms with Crippen LogP contribution in [0, 0.1) is 11.8 Å². The zero-order chi connectivity index (χ0) is 17.3. The van der Waals surface area contributed by atoms with Crippen LogP contribution in [0.5, 0.6) is 0 Å². The van der Waals surface area contributed by atoms with Crippen molar-refractivity contribution in [2.75, 3.05) is 12.4 Å². The second-order valence-electron chi connectivity index (χ2n) is 6.02. The lowest BCUT2D eigenvalue weighted by Gasteiger charge is -2.28. The summed E-state index contributed by atoms with van der Waals surface area (Å²) >= 11 is 1.38. The highest BCUT2D eigenvalue weighted by Crippen LogP contribution is 2.40. The highest BCUT2D eigenvalue weighted by Gasteiger charge is 2.33. The second-order valence-corrected chi connectivity index (χ2v) is 7.12. The van der Waals surface area contributed by atoms with Crippen molar-refractivity contribution in [3.05, 3.63) is 28.2 Å². The third kappa shape index (κ3) is 2.96. The van der Waals surface area contributed by atoms with Gasteiger partial charge in [0.25, 0.3) is 0 Å². The van der Waals surface area contributed by atoms with E-state index < -0.39 is 29.7 Å². The number of hydrogen-bond donors (Lipinski definition) is 1. The molecule has 0 saturated heterocycles. The van der Waals surface area contributed by atoms with Gasteiger partial charge in [-0.05, 0) is 37.7 Å². The number of carboxylic acids is 1. The number of amides is 1. The van der Waals surface area contributed by atoms with E-state index in [1.54, 1.807) is 12.2 Å². The number of nitrogens with one attached hydrogen (secondary N) is 1. The first-order valence-electron chi connectivity index (χ1n) is 7.92. The Bertz CT molecular complexity index is 721. The van der Waals surface area contributed by atoms with Gasteiger partial charge in [0.1, 0.15) is 5.00 Å². The van der Waals surface area contributed by atoms with E-state index in [1.807, 2.05) is 0 Å². The highest BCUT2D eigenvalue weighted by atomic mass is 32.1. The van der Waals surface area contributed by atoms with E-state index >= 15 is 0 Å². The maximum atomic E-state index is 12.6. The van der Waals surface area contributed by atoms with Gasteiger partial charge in [-0.2, -0.15) is 0 Å². The normalized spacial score (nSPS) is 22.0. The Labute approximate surface area is 143 Å². The van der Waals surface area contributed by atoms with Crippen LogP contribution in [-0.2, 0) is 27.2 Å². The van der Waals surface area contributed by atoms with E-state index in [-0.39, 0.29) is 6.42 Å². The number of esters is 1. The predicted molar refractivity (Wildman–Crippen MR) is 86.7 cm³/mol. The number of carbonyl (C=O) groups excluding carboxylic acids is 3. The summed E-state index contributed by atoms with van der Waals surface area (Å²) < 4.78 is 4.85. The molecule has 2 atom stereocenters. The lowest BCUT2D eigenvalue weighted by molar-refractivity contribution is -0.313. The molecule has 0 fully saturated rings. The molecule has 1 aromatic heterocycles. The minimum Gasteiger partial charge on any atom is -0.550 e. The van der Waals surface area contributed by atoms with Crippen molar-refractivity contribution < 1.29 is 24.2 Å². The molecule has 1 N–H and O–H groups in total. The average molecular weight is 348 g/mol. The fraction of sp³-hybridized carbons (Fsp3) is 0.471. The molecule has 0 radical (unpaired) electrons. The molecule has 3 rings (SSSR count). The molecule has 128 valence electrons. The molecule has 0 spiro atoms. The largest absolute Gasteiger partial charge is 0.550 e. The number of hydrogen-bond acceptors (Lipinski definition) is 6. The molecule has 6 nitrogen and oxygen atoms in total. The van der Waals surface area contributed by atoms with Crippen LogP contribution < -0.4 is 10.4 Å². The van der Waals surface area contributed by atoms with E-state index in [0.717, 1.165) is 29.7 Å². The third-order valence-corrected chi connectivity index (χ3v) is 5.83. The Morgan fingerprint density at radius 2 is 1.92 bits per heavy atom. The Balaban J connectivity index is 1.86. The molecule has 2 aliphatic rings. The van der Waals surface area contributed by atoms with Crippen molar-refractivity contribution in [1.82, 2.24) is 0 Å². The zero-order valence-corrected chi connectivity index (χ0v) is 14.1. The lowest BCUT2D eigenvalue weighted by atomic mass is 9.82. The molecule has 0 bridgehead atoms. The molecule has 1 heterocycles. The van der Waals surface area contributed by atoms with Gasteiger partial charge in [-0.15, -0.1) is 11.3 Å². The van der Waals surface area contributed by atoms with Crippen molar-refractivity contribution in [3.63, 3.8) is 0 Å². The molecule has 7 heteroatoms. The Kier molecular flexibility index (Phi) is 4.71. The summed E-state index contributed by atoms with van der Waals surface area (Å²) in [6, 6.07) is 0. The van der Waals surface area contributed by atoms with Gasteiger partial charge in [0, 0.05) is 16.8 Å². The first kappa shape index (κ1) is 16.7. The maximum absolute atomic E-state index is 12.6. The number of aryl methyl sites for hydroxylation is 1. The van der Waals surface area contributed by atoms with Crippen LogP contribution in [0.15, 0.2) is 12.2 Å². The van der Waals surface area contributed by atoms with Crippen molar-refractivity contribution >= 4 is 34.2 Å². The SMILES string of the molecule is COC(=O)c1c(NC(=O)C2CC=CCC2C(=O)[O-])sc2c1CCC2. The molecule has 2 aliphatic carbocycles. The number of aliphatic carboxylic acids is 1. The van der Waals surface area contributed by atoms with Crippen LogP contribution in [0.25, 0.3) is 0 Å². The topological polar surface area (TPSA) is 95.5 Å². The van der Waals surface area contributed by atoms with E-state index in [1.165, 1.54) is 18.4 Å². The number of allylic oxidation sites excluding steroid dienone is 2. The fourth-order valence-electron chi connectivity index (χ4n) is 3.38. The number of ether oxygens (including phenoxy) is 1. The van der Waals surface area contributed by atoms with Crippen LogP contribution in [0.4, 0.5) is 5.00 Å². The van der Waals surface area contributed by atoms with E-state index in [2.05, 4.69) is 5.32 Å². The van der Waals surface area contributed by atoms with Crippen LogP contribution in [-0.4, -0.2) is 25.0 Å². The molecule has 1 aromatic rings. The van der Waals surface area contributed by atoms with Crippen molar-refractivity contribution in [1.29, 1.82) is 0 Å². The van der Waals surface area contributed by atoms with Crippen molar-refractivity contribution in [2.45, 2.75) is 32.1 Å². The van der Waals surface area contributed by atoms with Crippen LogP contribution in [0.2, 0.25) is 0 Å². The van der Waals surface area contributed by atoms with Gasteiger partial charge in [-0.25, -0.2) is 4.79 Å². The van der Waals surface area contributed by atoms with Gasteiger partial charge in [-0.3, -0.25) is 4.79 Å². The van der Waals surface area contributed by atoms with Crippen LogP contribution in [0.1, 0.15) is 40.1 Å². The molecule has 0 aromatic carbocycles. The number of anilines is 1. The van der Waals surface area contributed by atoms with Gasteiger partial charge in [0.2, 0.25) is 5.91 Å². The predicted octanol–water partition coefficient (Wildman–Crippen LogP) is 1.29. The molecule has 0 saturated carbocycles. The summed E-state index contributed by atoms with van der Waals surface area (Å²) in [5.74, 6) is -3.62. The summed E-state index contributed by atoms with van der Waals surface area (Å²) in [5.41, 5.74) is 1.36. The summed E-state index contributed by atoms with van der Waals surface area (Å²) in [5, 5.41) is 14.5. The second kappa shape index (κ2) is 6.76. The maximum Gasteiger partial charge on any atom is 0.341 e. The minimum atomic E-state index is -1.22. The van der Waals surface area contributed by atoms with Crippen LogP contribution in [0.3, 0.4) is 0 Å². The molecular weight excluding hydrogens is 330 g/mol. The fourth-order valence-corrected chi connectivity index (χ4v) is 4.66. The standard InChI is InChI=1S/C17H19NO5S/c1-23-17(22)13-11-7-4-8-12(11)24-15(13)18-14(19)9-5-2-3-6-10(9)16(20)21/h2-3,9-10H,4-8H2,1H3,(H,18,19)(H,20,21)/p-1. The molecule has 2 unspecified atom stereocenters. The number of thiophene rings is 1. The van der Waals surface area contributed by atoms with Gasteiger partial charge >= 0.3 is 5.97 Å². The first-order chi connectivity index (χ1) is 11.5. The quantitative estimate of drug-likeness (QED) is 0.653. The van der Waals surface area contributed by atoms with E-state index in [0.29, 0.717) is 17.0 Å². The smallest absolute Gasteiger partial charge is 0.341 e. The number of carboxylic acid groups (broad SMARTS) is 1. The molecular formula is C17H18NO5S-. The number of carbonyl (C=O) groups is 3. The Morgan fingerprint density at radius 3 is 2.58 bits per heavy atom. The number of rotatable bonds is 4. The zero-order valence-electron chi connectivity index (χ0n) is 13.3. The third-order valence-electron chi connectivity index (χ3n) is 4.62. The summed E-state index contributed by atoms with van der Waals surface area (Å²) in [6.07, 6.45) is 6.85. The Hall–Kier alpha value is -2.15. The molecule has 24 heavy (non-hydrogen) atoms. The lowest BCUT2D eigenvalue weighted by Crippen LogP contribution is -2.41. The summed E-state index contributed by atoms with van der Waals surface area (Å²) in [6.45, 7) is 0. The minimum absolute atomic E-state index is 0.283. The van der Waals surface area contributed by atoms with Gasteiger partial charge in [-0.1, -0.05) is 12.2 Å². The monoisotopic (exact) mass is 348 g/mol. The number of methoxy groups -OCH3 is 1. The van der Waals surface area contributed by atoms with Gasteiger partial charge in [0.05, 0.1) is 18.6 Å². The molecule has 0 aliphatic heterocycles. The highest BCUT2D eigenvalue weighted by molar-refractivity contribution is 7.17. The number of fused-ring (bicyclic) bond motifs is 1. The first-order valence-corrected chi connectivity index (χ1v) is 8.74. The van der Waals surface area contributed by atoms with Gasteiger partial charge < -0.3 is 20.0 Å². The molecule has 1 amide bonds. The van der Waals surface area contributed by atoms with Crippen molar-refractivity contribution in [2.24, 2.45) is 11.8 Å². The van der Waals surface area contributed by atoms with E-state index in [9.17, 15) is 19.5 Å². The van der Waals surface area contributed by atoms with E-state index in [4.69, 9.17) is 4.74 Å². The Morgan fingerprint density at radius 1 is 1.21 bits per heavy atom. The summed E-state index contributed by atoms with van der Waals surface area (Å²) in [4.78, 5) is 37.0. The summed E-state index contributed by atoms with van der Waals surface area (Å²) in [7, 11) is 1.31. The average Bonchev–Trinajstić information content (AvgIpc) is 3.14. The van der Waals surface area contributed by atoms with Crippen molar-refractivity contribution in [3.8, 4) is 0 Å². The van der Waals surface area contributed by atoms with Gasteiger partial charge in [0.15, 0.2) is 0 Å². The van der Waals surface area contributed by atoms with Crippen LogP contribution >= 0.6 is 11.3 Å².